The highest BCUT2D eigenvalue weighted by atomic mass is 32.2. The molecule has 4 nitrogen and oxygen atoms in total. The van der Waals surface area contributed by atoms with Crippen LogP contribution in [0.1, 0.15) is 18.6 Å². The Bertz CT molecular complexity index is 1560. The lowest BCUT2D eigenvalue weighted by molar-refractivity contribution is 0.227. The van der Waals surface area contributed by atoms with E-state index in [4.69, 9.17) is 4.74 Å². The Labute approximate surface area is 193 Å². The summed E-state index contributed by atoms with van der Waals surface area (Å²) in [6.07, 6.45) is -0.195. The number of hydrogen-bond acceptors (Lipinski definition) is 3. The first-order valence-electron chi connectivity index (χ1n) is 10.8. The topological polar surface area (TPSA) is 55.4 Å². The summed E-state index contributed by atoms with van der Waals surface area (Å²) in [4.78, 5) is 0.247. The van der Waals surface area contributed by atoms with Gasteiger partial charge in [-0.3, -0.25) is 4.72 Å². The van der Waals surface area contributed by atoms with E-state index in [9.17, 15) is 8.42 Å². The molecule has 0 aliphatic heterocycles. The van der Waals surface area contributed by atoms with Gasteiger partial charge in [-0.25, -0.2) is 8.42 Å². The zero-order chi connectivity index (χ0) is 22.8. The van der Waals surface area contributed by atoms with Crippen LogP contribution in [0.4, 0.5) is 5.69 Å². The van der Waals surface area contributed by atoms with Crippen LogP contribution in [0.15, 0.2) is 114 Å². The molecule has 0 saturated carbocycles. The van der Waals surface area contributed by atoms with Crippen LogP contribution in [-0.4, -0.2) is 8.42 Å². The fourth-order valence-electron chi connectivity index (χ4n) is 4.01. The molecular formula is C28H23NO3S. The molecule has 1 atom stereocenters. The second-order valence-electron chi connectivity index (χ2n) is 7.98. The molecule has 0 fully saturated rings. The van der Waals surface area contributed by atoms with Gasteiger partial charge in [0, 0.05) is 11.5 Å². The van der Waals surface area contributed by atoms with Crippen molar-refractivity contribution in [2.24, 2.45) is 0 Å². The molecule has 0 aliphatic carbocycles. The molecule has 164 valence electrons. The standard InChI is InChI=1S/C28H23NO3S/c1-20(23-17-16-21-8-2-3-10-24(21)18-23)32-26-13-7-12-25(19-26)29-33(30,31)28-15-6-11-22-9-4-5-14-27(22)28/h2-20,29H,1H3. The van der Waals surface area contributed by atoms with Crippen molar-refractivity contribution in [1.82, 2.24) is 0 Å². The summed E-state index contributed by atoms with van der Waals surface area (Å²) in [5, 5.41) is 3.90. The average molecular weight is 454 g/mol. The normalized spacial score (nSPS) is 12.5. The molecule has 33 heavy (non-hydrogen) atoms. The summed E-state index contributed by atoms with van der Waals surface area (Å²) in [6, 6.07) is 34.2. The minimum atomic E-state index is -3.77. The van der Waals surface area contributed by atoms with Gasteiger partial charge in [0.15, 0.2) is 0 Å². The van der Waals surface area contributed by atoms with Crippen molar-refractivity contribution >= 4 is 37.3 Å². The maximum absolute atomic E-state index is 13.1. The average Bonchev–Trinajstić information content (AvgIpc) is 2.83. The minimum Gasteiger partial charge on any atom is -0.486 e. The second kappa shape index (κ2) is 8.60. The van der Waals surface area contributed by atoms with Gasteiger partial charge in [0.25, 0.3) is 10.0 Å². The first-order valence-corrected chi connectivity index (χ1v) is 12.2. The van der Waals surface area contributed by atoms with Crippen molar-refractivity contribution in [3.05, 3.63) is 115 Å². The van der Waals surface area contributed by atoms with Gasteiger partial charge in [0.05, 0.1) is 10.6 Å². The van der Waals surface area contributed by atoms with Gasteiger partial charge in [-0.15, -0.1) is 0 Å². The van der Waals surface area contributed by atoms with Crippen LogP contribution < -0.4 is 9.46 Å². The predicted molar refractivity (Wildman–Crippen MR) is 134 cm³/mol. The van der Waals surface area contributed by atoms with Gasteiger partial charge in [-0.2, -0.15) is 0 Å². The van der Waals surface area contributed by atoms with E-state index < -0.39 is 10.0 Å². The lowest BCUT2D eigenvalue weighted by Gasteiger charge is -2.17. The number of nitrogens with one attached hydrogen (secondary N) is 1. The third kappa shape index (κ3) is 4.41. The fraction of sp³-hybridized carbons (Fsp3) is 0.0714. The van der Waals surface area contributed by atoms with E-state index in [0.29, 0.717) is 16.8 Å². The number of hydrogen-bond donors (Lipinski definition) is 1. The molecule has 1 unspecified atom stereocenters. The van der Waals surface area contributed by atoms with Crippen molar-refractivity contribution in [3.63, 3.8) is 0 Å². The Kier molecular flexibility index (Phi) is 5.48. The molecule has 0 aromatic heterocycles. The van der Waals surface area contributed by atoms with Crippen molar-refractivity contribution in [2.45, 2.75) is 17.9 Å². The van der Waals surface area contributed by atoms with E-state index >= 15 is 0 Å². The van der Waals surface area contributed by atoms with E-state index in [1.807, 2.05) is 55.5 Å². The Hall–Kier alpha value is -3.83. The lowest BCUT2D eigenvalue weighted by atomic mass is 10.0. The highest BCUT2D eigenvalue weighted by Gasteiger charge is 2.18. The van der Waals surface area contributed by atoms with Gasteiger partial charge in [-0.1, -0.05) is 78.9 Å². The third-order valence-corrected chi connectivity index (χ3v) is 7.12. The van der Waals surface area contributed by atoms with E-state index in [-0.39, 0.29) is 11.0 Å². The van der Waals surface area contributed by atoms with E-state index in [0.717, 1.165) is 16.3 Å². The molecule has 0 saturated heterocycles. The molecule has 0 heterocycles. The smallest absolute Gasteiger partial charge is 0.262 e. The highest BCUT2D eigenvalue weighted by molar-refractivity contribution is 7.93. The number of benzene rings is 5. The summed E-state index contributed by atoms with van der Waals surface area (Å²) in [5.41, 5.74) is 1.50. The number of sulfonamides is 1. The first kappa shape index (κ1) is 21.0. The van der Waals surface area contributed by atoms with Gasteiger partial charge in [0.2, 0.25) is 0 Å². The summed E-state index contributed by atoms with van der Waals surface area (Å²) in [5.74, 6) is 0.591. The van der Waals surface area contributed by atoms with Gasteiger partial charge in [0.1, 0.15) is 11.9 Å². The molecule has 0 bridgehead atoms. The maximum Gasteiger partial charge on any atom is 0.262 e. The highest BCUT2D eigenvalue weighted by Crippen LogP contribution is 2.29. The second-order valence-corrected chi connectivity index (χ2v) is 9.63. The predicted octanol–water partition coefficient (Wildman–Crippen LogP) is 6.93. The maximum atomic E-state index is 13.1. The van der Waals surface area contributed by atoms with Crippen LogP contribution in [0.2, 0.25) is 0 Å². The van der Waals surface area contributed by atoms with Crippen LogP contribution in [-0.2, 0) is 10.0 Å². The van der Waals surface area contributed by atoms with Crippen molar-refractivity contribution < 1.29 is 13.2 Å². The number of fused-ring (bicyclic) bond motifs is 2. The molecule has 5 rings (SSSR count). The van der Waals surface area contributed by atoms with Gasteiger partial charge in [-0.05, 0) is 52.9 Å². The number of anilines is 1. The molecule has 0 radical (unpaired) electrons. The summed E-state index contributed by atoms with van der Waals surface area (Å²) >= 11 is 0. The Balaban J connectivity index is 1.38. The van der Waals surface area contributed by atoms with E-state index in [2.05, 4.69) is 35.1 Å². The summed E-state index contributed by atoms with van der Waals surface area (Å²) in [7, 11) is -3.77. The molecule has 0 aliphatic rings. The minimum absolute atomic E-state index is 0.195. The van der Waals surface area contributed by atoms with Gasteiger partial charge < -0.3 is 4.74 Å². The quantitative estimate of drug-likeness (QED) is 0.303. The van der Waals surface area contributed by atoms with E-state index in [1.165, 1.54) is 5.39 Å². The Morgan fingerprint density at radius 1 is 0.697 bits per heavy atom. The van der Waals surface area contributed by atoms with Gasteiger partial charge >= 0.3 is 0 Å². The fourth-order valence-corrected chi connectivity index (χ4v) is 5.29. The van der Waals surface area contributed by atoms with E-state index in [1.54, 1.807) is 30.3 Å². The van der Waals surface area contributed by atoms with Crippen LogP contribution in [0, 0.1) is 0 Å². The number of rotatable bonds is 6. The Morgan fingerprint density at radius 2 is 1.39 bits per heavy atom. The molecule has 1 N–H and O–H groups in total. The lowest BCUT2D eigenvalue weighted by Crippen LogP contribution is -2.13. The SMILES string of the molecule is CC(Oc1cccc(NS(=O)(=O)c2cccc3ccccc23)c1)c1ccc2ccccc2c1. The molecule has 5 heteroatoms. The molecule has 0 amide bonds. The van der Waals surface area contributed by atoms with Crippen molar-refractivity contribution in [1.29, 1.82) is 0 Å². The van der Waals surface area contributed by atoms with Crippen molar-refractivity contribution in [2.75, 3.05) is 4.72 Å². The first-order chi connectivity index (χ1) is 16.0. The molecule has 5 aromatic rings. The van der Waals surface area contributed by atoms with Crippen molar-refractivity contribution in [3.8, 4) is 5.75 Å². The monoisotopic (exact) mass is 453 g/mol. The largest absolute Gasteiger partial charge is 0.486 e. The van der Waals surface area contributed by atoms with Crippen LogP contribution in [0.3, 0.4) is 0 Å². The summed E-state index contributed by atoms with van der Waals surface area (Å²) < 4.78 is 35.1. The zero-order valence-corrected chi connectivity index (χ0v) is 18.9. The number of ether oxygens (including phenoxy) is 1. The van der Waals surface area contributed by atoms with Crippen LogP contribution in [0.25, 0.3) is 21.5 Å². The molecule has 5 aromatic carbocycles. The summed E-state index contributed by atoms with van der Waals surface area (Å²) in [6.45, 7) is 1.98. The third-order valence-electron chi connectivity index (χ3n) is 5.68. The van der Waals surface area contributed by atoms with Crippen LogP contribution >= 0.6 is 0 Å². The molecular weight excluding hydrogens is 430 g/mol. The zero-order valence-electron chi connectivity index (χ0n) is 18.1. The van der Waals surface area contributed by atoms with Crippen LogP contribution in [0.5, 0.6) is 5.75 Å². The Morgan fingerprint density at radius 3 is 2.24 bits per heavy atom. The molecule has 0 spiro atoms.